The summed E-state index contributed by atoms with van der Waals surface area (Å²) in [5.41, 5.74) is 1.35. The number of carbonyl (C=O) groups excluding carboxylic acids is 1. The van der Waals surface area contributed by atoms with Gasteiger partial charge in [0.15, 0.2) is 0 Å². The summed E-state index contributed by atoms with van der Waals surface area (Å²) >= 11 is 5.94. The number of rotatable bonds is 6. The number of anilines is 1. The molecule has 3 aromatic carbocycles. The number of benzene rings is 3. The van der Waals surface area contributed by atoms with Crippen LogP contribution in [0.1, 0.15) is 11.1 Å². The minimum atomic E-state index is -4.71. The summed E-state index contributed by atoms with van der Waals surface area (Å²) in [4.78, 5) is 12.3. The van der Waals surface area contributed by atoms with Crippen molar-refractivity contribution in [2.45, 2.75) is 6.18 Å². The second kappa shape index (κ2) is 9.17. The molecule has 0 radical (unpaired) electrons. The van der Waals surface area contributed by atoms with Crippen LogP contribution in [0.25, 0.3) is 10.8 Å². The predicted octanol–water partition coefficient (Wildman–Crippen LogP) is 4.43. The van der Waals surface area contributed by atoms with Crippen molar-refractivity contribution in [3.8, 4) is 0 Å². The van der Waals surface area contributed by atoms with Crippen molar-refractivity contribution in [1.82, 2.24) is 5.43 Å². The average molecular weight is 484 g/mol. The zero-order chi connectivity index (χ0) is 23.5. The highest BCUT2D eigenvalue weighted by Gasteiger charge is 2.33. The van der Waals surface area contributed by atoms with Crippen molar-refractivity contribution in [1.29, 1.82) is 0 Å². The lowest BCUT2D eigenvalue weighted by molar-refractivity contribution is -0.137. The Morgan fingerprint density at radius 2 is 1.81 bits per heavy atom. The summed E-state index contributed by atoms with van der Waals surface area (Å²) in [7, 11) is -4.13. The molecule has 0 unspecified atom stereocenters. The Kier molecular flexibility index (Phi) is 6.75. The second-order valence-corrected chi connectivity index (χ2v) is 9.11. The Morgan fingerprint density at radius 1 is 1.12 bits per heavy atom. The molecule has 0 aliphatic rings. The SMILES string of the molecule is CS(=O)(=O)N(CC(=O)N/N=C\c1cccc2ccccc12)c1cc(C(F)(F)F)ccc1Cl. The van der Waals surface area contributed by atoms with Crippen molar-refractivity contribution in [2.75, 3.05) is 17.1 Å². The van der Waals surface area contributed by atoms with Crippen LogP contribution in [0.15, 0.2) is 65.8 Å². The molecule has 1 N–H and O–H groups in total. The highest BCUT2D eigenvalue weighted by Crippen LogP contribution is 2.36. The standard InChI is InChI=1S/C21H17ClF3N3O3S/c1-32(30,31)28(19-11-16(21(23,24)25)9-10-18(19)22)13-20(29)27-26-12-15-7-4-6-14-5-2-3-8-17(14)15/h2-12H,13H2,1H3,(H,27,29)/b26-12-. The highest BCUT2D eigenvalue weighted by atomic mass is 35.5. The van der Waals surface area contributed by atoms with Crippen LogP contribution in [0.5, 0.6) is 0 Å². The Bertz CT molecular complexity index is 1290. The van der Waals surface area contributed by atoms with E-state index in [1.807, 2.05) is 36.4 Å². The fraction of sp³-hybridized carbons (Fsp3) is 0.143. The number of fused-ring (bicyclic) bond motifs is 1. The average Bonchev–Trinajstić information content (AvgIpc) is 2.71. The fourth-order valence-electron chi connectivity index (χ4n) is 2.96. The summed E-state index contributed by atoms with van der Waals surface area (Å²) < 4.78 is 64.0. The van der Waals surface area contributed by atoms with E-state index in [1.54, 1.807) is 6.07 Å². The molecule has 0 saturated heterocycles. The maximum absolute atomic E-state index is 13.1. The minimum absolute atomic E-state index is 0.254. The summed E-state index contributed by atoms with van der Waals surface area (Å²) in [6.45, 7) is -0.813. The van der Waals surface area contributed by atoms with Crippen LogP contribution < -0.4 is 9.73 Å². The number of nitrogens with zero attached hydrogens (tertiary/aromatic N) is 2. The molecule has 0 heterocycles. The van der Waals surface area contributed by atoms with E-state index in [0.717, 1.165) is 29.2 Å². The Morgan fingerprint density at radius 3 is 2.50 bits per heavy atom. The molecule has 0 spiro atoms. The van der Waals surface area contributed by atoms with Gasteiger partial charge in [0.1, 0.15) is 6.54 Å². The first kappa shape index (κ1) is 23.6. The zero-order valence-electron chi connectivity index (χ0n) is 16.6. The topological polar surface area (TPSA) is 78.8 Å². The molecule has 0 fully saturated rings. The van der Waals surface area contributed by atoms with Gasteiger partial charge < -0.3 is 0 Å². The van der Waals surface area contributed by atoms with E-state index in [1.165, 1.54) is 6.21 Å². The Labute approximate surface area is 187 Å². The lowest BCUT2D eigenvalue weighted by Gasteiger charge is -2.23. The van der Waals surface area contributed by atoms with Crippen molar-refractivity contribution < 1.29 is 26.4 Å². The van der Waals surface area contributed by atoms with Gasteiger partial charge >= 0.3 is 6.18 Å². The number of hydrogen-bond donors (Lipinski definition) is 1. The zero-order valence-corrected chi connectivity index (χ0v) is 18.2. The van der Waals surface area contributed by atoms with Crippen LogP contribution in [0.4, 0.5) is 18.9 Å². The number of alkyl halides is 3. The molecular formula is C21H17ClF3N3O3S. The van der Waals surface area contributed by atoms with Crippen LogP contribution in [0, 0.1) is 0 Å². The van der Waals surface area contributed by atoms with Crippen LogP contribution in [-0.2, 0) is 21.0 Å². The largest absolute Gasteiger partial charge is 0.416 e. The molecular weight excluding hydrogens is 467 g/mol. The van der Waals surface area contributed by atoms with E-state index < -0.39 is 39.9 Å². The third-order valence-corrected chi connectivity index (χ3v) is 5.89. The van der Waals surface area contributed by atoms with Crippen LogP contribution in [0.3, 0.4) is 0 Å². The smallest absolute Gasteiger partial charge is 0.271 e. The molecule has 0 aliphatic heterocycles. The summed E-state index contributed by atoms with van der Waals surface area (Å²) in [5, 5.41) is 5.44. The van der Waals surface area contributed by atoms with Gasteiger partial charge in [0.2, 0.25) is 10.0 Å². The summed E-state index contributed by atoms with van der Waals surface area (Å²) in [6, 6.07) is 15.2. The van der Waals surface area contributed by atoms with Gasteiger partial charge in [-0.2, -0.15) is 18.3 Å². The molecule has 11 heteroatoms. The van der Waals surface area contributed by atoms with Crippen molar-refractivity contribution in [3.63, 3.8) is 0 Å². The molecule has 3 aromatic rings. The van der Waals surface area contributed by atoms with Crippen molar-refractivity contribution in [3.05, 3.63) is 76.8 Å². The van der Waals surface area contributed by atoms with E-state index in [2.05, 4.69) is 10.5 Å². The quantitative estimate of drug-likeness (QED) is 0.416. The van der Waals surface area contributed by atoms with Crippen molar-refractivity contribution in [2.24, 2.45) is 5.10 Å². The van der Waals surface area contributed by atoms with E-state index in [0.29, 0.717) is 15.9 Å². The third-order valence-electron chi connectivity index (χ3n) is 4.45. The monoisotopic (exact) mass is 483 g/mol. The van der Waals surface area contributed by atoms with E-state index >= 15 is 0 Å². The number of nitrogens with one attached hydrogen (secondary N) is 1. The highest BCUT2D eigenvalue weighted by molar-refractivity contribution is 7.92. The summed E-state index contributed by atoms with van der Waals surface area (Å²) in [6.07, 6.45) is -2.56. The first-order valence-electron chi connectivity index (χ1n) is 9.11. The van der Waals surface area contributed by atoms with Gasteiger partial charge in [-0.25, -0.2) is 13.8 Å². The molecule has 3 rings (SSSR count). The molecule has 0 saturated carbocycles. The van der Waals surface area contributed by atoms with Crippen LogP contribution in [0.2, 0.25) is 5.02 Å². The van der Waals surface area contributed by atoms with E-state index in [4.69, 9.17) is 11.6 Å². The van der Waals surface area contributed by atoms with Gasteiger partial charge in [-0.05, 0) is 29.0 Å². The first-order chi connectivity index (χ1) is 15.0. The molecule has 0 aromatic heterocycles. The maximum Gasteiger partial charge on any atom is 0.416 e. The van der Waals surface area contributed by atoms with E-state index in [9.17, 15) is 26.4 Å². The number of sulfonamides is 1. The molecule has 6 nitrogen and oxygen atoms in total. The van der Waals surface area contributed by atoms with Crippen LogP contribution >= 0.6 is 11.6 Å². The van der Waals surface area contributed by atoms with Gasteiger partial charge in [0.25, 0.3) is 5.91 Å². The number of hydrogen-bond acceptors (Lipinski definition) is 4. The van der Waals surface area contributed by atoms with Gasteiger partial charge in [-0.15, -0.1) is 0 Å². The van der Waals surface area contributed by atoms with Crippen LogP contribution in [-0.4, -0.2) is 33.3 Å². The molecule has 32 heavy (non-hydrogen) atoms. The minimum Gasteiger partial charge on any atom is -0.271 e. The molecule has 0 atom stereocenters. The molecule has 1 amide bonds. The molecule has 168 valence electrons. The van der Waals surface area contributed by atoms with Gasteiger partial charge in [-0.3, -0.25) is 9.10 Å². The Balaban J connectivity index is 1.81. The number of halogens is 4. The first-order valence-corrected chi connectivity index (χ1v) is 11.3. The second-order valence-electron chi connectivity index (χ2n) is 6.80. The van der Waals surface area contributed by atoms with Gasteiger partial charge in [0, 0.05) is 5.56 Å². The Hall–Kier alpha value is -3.11. The van der Waals surface area contributed by atoms with Gasteiger partial charge in [-0.1, -0.05) is 54.1 Å². The fourth-order valence-corrected chi connectivity index (χ4v) is 4.09. The molecule has 0 aliphatic carbocycles. The number of hydrazone groups is 1. The third kappa shape index (κ3) is 5.57. The number of amides is 1. The normalized spacial score (nSPS) is 12.3. The maximum atomic E-state index is 13.1. The lowest BCUT2D eigenvalue weighted by atomic mass is 10.1. The lowest BCUT2D eigenvalue weighted by Crippen LogP contribution is -2.39. The molecule has 0 bridgehead atoms. The van der Waals surface area contributed by atoms with Crippen molar-refractivity contribution >= 4 is 50.2 Å². The van der Waals surface area contributed by atoms with E-state index in [-0.39, 0.29) is 5.02 Å². The summed E-state index contributed by atoms with van der Waals surface area (Å²) in [5.74, 6) is -0.861. The predicted molar refractivity (Wildman–Crippen MR) is 118 cm³/mol. The number of carbonyl (C=O) groups is 1. The van der Waals surface area contributed by atoms with Gasteiger partial charge in [0.05, 0.1) is 28.7 Å².